The van der Waals surface area contributed by atoms with E-state index < -0.39 is 0 Å². The minimum absolute atomic E-state index is 0.721. The average molecular weight is 293 g/mol. The minimum Gasteiger partial charge on any atom is -0.311 e. The van der Waals surface area contributed by atoms with Crippen LogP contribution in [0.1, 0.15) is 59.8 Å². The fourth-order valence-corrected chi connectivity index (χ4v) is 5.39. The fraction of sp³-hybridized carbons (Fsp3) is 1.00. The molecule has 5 atom stereocenters. The molecule has 0 radical (unpaired) electrons. The van der Waals surface area contributed by atoms with Gasteiger partial charge in [-0.25, -0.2) is 0 Å². The molecule has 2 heteroatoms. The number of nitrogens with zero attached hydrogens (tertiary/aromatic N) is 1. The lowest BCUT2D eigenvalue weighted by atomic mass is 9.86. The molecule has 0 spiro atoms. The Balaban J connectivity index is 1.60. The van der Waals surface area contributed by atoms with Gasteiger partial charge in [-0.15, -0.1) is 0 Å². The van der Waals surface area contributed by atoms with Gasteiger partial charge < -0.3 is 5.32 Å². The number of rotatable bonds is 5. The van der Waals surface area contributed by atoms with Gasteiger partial charge in [0.2, 0.25) is 0 Å². The third kappa shape index (κ3) is 3.64. The normalized spacial score (nSPS) is 40.6. The van der Waals surface area contributed by atoms with Crippen molar-refractivity contribution in [3.05, 3.63) is 0 Å². The molecule has 1 saturated heterocycles. The molecular formula is C19H36N2. The summed E-state index contributed by atoms with van der Waals surface area (Å²) in [7, 11) is 0. The third-order valence-corrected chi connectivity index (χ3v) is 6.42. The second-order valence-electron chi connectivity index (χ2n) is 8.93. The monoisotopic (exact) mass is 292 g/mol. The molecule has 0 amide bonds. The van der Waals surface area contributed by atoms with Crippen molar-refractivity contribution in [1.82, 2.24) is 10.2 Å². The Morgan fingerprint density at radius 1 is 1.10 bits per heavy atom. The summed E-state index contributed by atoms with van der Waals surface area (Å²) in [5, 5.41) is 3.83. The van der Waals surface area contributed by atoms with Crippen molar-refractivity contribution in [1.29, 1.82) is 0 Å². The smallest absolute Gasteiger partial charge is 0.0244 e. The molecule has 0 aromatic rings. The highest BCUT2D eigenvalue weighted by Gasteiger charge is 2.41. The zero-order valence-electron chi connectivity index (χ0n) is 14.6. The van der Waals surface area contributed by atoms with Gasteiger partial charge in [-0.3, -0.25) is 4.90 Å². The molecule has 21 heavy (non-hydrogen) atoms. The molecule has 2 nitrogen and oxygen atoms in total. The molecule has 2 bridgehead atoms. The Morgan fingerprint density at radius 3 is 2.48 bits per heavy atom. The van der Waals surface area contributed by atoms with E-state index in [4.69, 9.17) is 0 Å². The van der Waals surface area contributed by atoms with Gasteiger partial charge in [0.25, 0.3) is 0 Å². The van der Waals surface area contributed by atoms with E-state index in [1.807, 2.05) is 0 Å². The fourth-order valence-electron chi connectivity index (χ4n) is 5.39. The van der Waals surface area contributed by atoms with E-state index >= 15 is 0 Å². The van der Waals surface area contributed by atoms with Crippen LogP contribution < -0.4 is 5.32 Å². The van der Waals surface area contributed by atoms with Crippen LogP contribution >= 0.6 is 0 Å². The number of hydrogen-bond acceptors (Lipinski definition) is 2. The molecule has 122 valence electrons. The molecule has 1 N–H and O–H groups in total. The summed E-state index contributed by atoms with van der Waals surface area (Å²) in [6.45, 7) is 13.4. The second kappa shape index (κ2) is 6.58. The Morgan fingerprint density at radius 2 is 1.90 bits per heavy atom. The highest BCUT2D eigenvalue weighted by Crippen LogP contribution is 2.48. The Labute approximate surface area is 132 Å². The van der Waals surface area contributed by atoms with Crippen molar-refractivity contribution < 1.29 is 0 Å². The molecular weight excluding hydrogens is 256 g/mol. The first kappa shape index (κ1) is 15.8. The van der Waals surface area contributed by atoms with Crippen molar-refractivity contribution in [3.8, 4) is 0 Å². The van der Waals surface area contributed by atoms with E-state index in [2.05, 4.69) is 37.9 Å². The predicted octanol–water partition coefficient (Wildman–Crippen LogP) is 3.77. The van der Waals surface area contributed by atoms with Crippen LogP contribution in [-0.2, 0) is 0 Å². The molecule has 3 aliphatic rings. The summed E-state index contributed by atoms with van der Waals surface area (Å²) >= 11 is 0. The van der Waals surface area contributed by atoms with E-state index in [1.165, 1.54) is 45.3 Å². The van der Waals surface area contributed by atoms with Crippen molar-refractivity contribution in [2.24, 2.45) is 29.6 Å². The molecule has 2 aliphatic carbocycles. The van der Waals surface area contributed by atoms with E-state index in [9.17, 15) is 0 Å². The van der Waals surface area contributed by atoms with Crippen LogP contribution in [0.2, 0.25) is 0 Å². The molecule has 3 fully saturated rings. The standard InChI is InChI=1S/C19H36N2/c1-13(2)7-18-12-21(19(10-20-18)14(3)4)11-17-9-15-5-6-16(17)8-15/h13-20H,5-12H2,1-4H3. The lowest BCUT2D eigenvalue weighted by molar-refractivity contribution is 0.0655. The highest BCUT2D eigenvalue weighted by atomic mass is 15.2. The zero-order chi connectivity index (χ0) is 15.0. The summed E-state index contributed by atoms with van der Waals surface area (Å²) in [6, 6.07) is 1.48. The minimum atomic E-state index is 0.721. The van der Waals surface area contributed by atoms with Gasteiger partial charge >= 0.3 is 0 Å². The van der Waals surface area contributed by atoms with Crippen LogP contribution in [0.5, 0.6) is 0 Å². The van der Waals surface area contributed by atoms with Gasteiger partial charge in [0.1, 0.15) is 0 Å². The van der Waals surface area contributed by atoms with Gasteiger partial charge in [0.15, 0.2) is 0 Å². The SMILES string of the molecule is CC(C)CC1CN(CC2CC3CCC2C3)C(C(C)C)CN1. The van der Waals surface area contributed by atoms with E-state index in [0.29, 0.717) is 0 Å². The topological polar surface area (TPSA) is 15.3 Å². The van der Waals surface area contributed by atoms with E-state index in [0.717, 1.165) is 41.7 Å². The van der Waals surface area contributed by atoms with Crippen molar-refractivity contribution >= 4 is 0 Å². The molecule has 1 aliphatic heterocycles. The quantitative estimate of drug-likeness (QED) is 0.830. The zero-order valence-corrected chi connectivity index (χ0v) is 14.6. The first-order valence-corrected chi connectivity index (χ1v) is 9.50. The van der Waals surface area contributed by atoms with Crippen molar-refractivity contribution in [2.45, 2.75) is 71.9 Å². The predicted molar refractivity (Wildman–Crippen MR) is 90.4 cm³/mol. The summed E-state index contributed by atoms with van der Waals surface area (Å²) < 4.78 is 0. The van der Waals surface area contributed by atoms with Gasteiger partial charge in [-0.05, 0) is 55.3 Å². The van der Waals surface area contributed by atoms with Crippen LogP contribution in [0.15, 0.2) is 0 Å². The molecule has 3 rings (SSSR count). The molecule has 5 unspecified atom stereocenters. The molecule has 0 aromatic carbocycles. The maximum Gasteiger partial charge on any atom is 0.0244 e. The maximum absolute atomic E-state index is 3.83. The third-order valence-electron chi connectivity index (χ3n) is 6.42. The molecule has 0 aromatic heterocycles. The van der Waals surface area contributed by atoms with Crippen molar-refractivity contribution in [2.75, 3.05) is 19.6 Å². The molecule has 1 heterocycles. The molecule has 2 saturated carbocycles. The van der Waals surface area contributed by atoms with E-state index in [1.54, 1.807) is 6.42 Å². The number of hydrogen-bond donors (Lipinski definition) is 1. The van der Waals surface area contributed by atoms with Crippen LogP contribution in [0.4, 0.5) is 0 Å². The van der Waals surface area contributed by atoms with Crippen molar-refractivity contribution in [3.63, 3.8) is 0 Å². The van der Waals surface area contributed by atoms with Gasteiger partial charge in [0.05, 0.1) is 0 Å². The van der Waals surface area contributed by atoms with Gasteiger partial charge in [-0.2, -0.15) is 0 Å². The lowest BCUT2D eigenvalue weighted by Crippen LogP contribution is -2.59. The lowest BCUT2D eigenvalue weighted by Gasteiger charge is -2.44. The average Bonchev–Trinajstić information content (AvgIpc) is 3.00. The first-order chi connectivity index (χ1) is 10.0. The first-order valence-electron chi connectivity index (χ1n) is 9.50. The Bertz CT molecular complexity index is 338. The maximum atomic E-state index is 3.83. The number of piperazine rings is 1. The van der Waals surface area contributed by atoms with Gasteiger partial charge in [-0.1, -0.05) is 34.1 Å². The van der Waals surface area contributed by atoms with E-state index in [-0.39, 0.29) is 0 Å². The largest absolute Gasteiger partial charge is 0.311 e. The van der Waals surface area contributed by atoms with Gasteiger partial charge in [0, 0.05) is 31.7 Å². The van der Waals surface area contributed by atoms with Crippen LogP contribution in [0.25, 0.3) is 0 Å². The second-order valence-corrected chi connectivity index (χ2v) is 8.93. The summed E-state index contributed by atoms with van der Waals surface area (Å²) in [5.74, 6) is 4.76. The Kier molecular flexibility index (Phi) is 4.95. The highest BCUT2D eigenvalue weighted by molar-refractivity contribution is 4.95. The van der Waals surface area contributed by atoms with Crippen LogP contribution in [-0.4, -0.2) is 36.6 Å². The Hall–Kier alpha value is -0.0800. The van der Waals surface area contributed by atoms with Crippen LogP contribution in [0.3, 0.4) is 0 Å². The summed E-state index contributed by atoms with van der Waals surface area (Å²) in [6.07, 6.45) is 7.49. The summed E-state index contributed by atoms with van der Waals surface area (Å²) in [5.41, 5.74) is 0. The number of fused-ring (bicyclic) bond motifs is 2. The summed E-state index contributed by atoms with van der Waals surface area (Å²) in [4.78, 5) is 2.87. The number of nitrogens with one attached hydrogen (secondary N) is 1. The van der Waals surface area contributed by atoms with Crippen LogP contribution in [0, 0.1) is 29.6 Å².